The van der Waals surface area contributed by atoms with Crippen molar-refractivity contribution in [1.82, 2.24) is 0 Å². The van der Waals surface area contributed by atoms with Gasteiger partial charge >= 0.3 is 0 Å². The molecule has 2 aromatic carbocycles. The fourth-order valence-corrected chi connectivity index (χ4v) is 2.11. The third-order valence-corrected chi connectivity index (χ3v) is 3.37. The second-order valence-electron chi connectivity index (χ2n) is 4.23. The fraction of sp³-hybridized carbons (Fsp3) is 0.200. The molecule has 100 valence electrons. The first-order valence-electron chi connectivity index (χ1n) is 6.09. The van der Waals surface area contributed by atoms with Gasteiger partial charge < -0.3 is 10.5 Å². The lowest BCUT2D eigenvalue weighted by Crippen LogP contribution is -2.09. The summed E-state index contributed by atoms with van der Waals surface area (Å²) < 4.78 is 20.1. The number of ether oxygens (including phenoxy) is 1. The van der Waals surface area contributed by atoms with Crippen molar-refractivity contribution >= 4 is 15.9 Å². The molecule has 0 unspecified atom stereocenters. The normalized spacial score (nSPS) is 12.2. The maximum absolute atomic E-state index is 13.8. The molecule has 0 aliphatic rings. The first kappa shape index (κ1) is 14.0. The van der Waals surface area contributed by atoms with Crippen LogP contribution in [0.5, 0.6) is 11.5 Å². The summed E-state index contributed by atoms with van der Waals surface area (Å²) in [5.74, 6) is 0.381. The van der Waals surface area contributed by atoms with Gasteiger partial charge in [-0.05, 0) is 30.7 Å². The summed E-state index contributed by atoms with van der Waals surface area (Å²) in [7, 11) is 0. The maximum atomic E-state index is 13.8. The highest BCUT2D eigenvalue weighted by atomic mass is 79.9. The van der Waals surface area contributed by atoms with Crippen LogP contribution in [0.25, 0.3) is 0 Å². The second-order valence-corrected chi connectivity index (χ2v) is 5.15. The predicted molar refractivity (Wildman–Crippen MR) is 77.8 cm³/mol. The van der Waals surface area contributed by atoms with Gasteiger partial charge in [-0.1, -0.05) is 41.1 Å². The lowest BCUT2D eigenvalue weighted by Gasteiger charge is -2.15. The number of nitrogens with two attached hydrogens (primary N) is 1. The zero-order valence-electron chi connectivity index (χ0n) is 10.6. The second kappa shape index (κ2) is 6.17. The van der Waals surface area contributed by atoms with Crippen molar-refractivity contribution in [3.8, 4) is 11.5 Å². The summed E-state index contributed by atoms with van der Waals surface area (Å²) in [5.41, 5.74) is 6.91. The minimum absolute atomic E-state index is 0.116. The standard InChI is InChI=1S/C15H15BrFNO/c1-2-13(18)11-5-3-4-6-14(11)19-15-8-7-10(16)9-12(15)17/h3-9,13H,2,18H2,1H3/t13-/m1/s1. The quantitative estimate of drug-likeness (QED) is 0.877. The van der Waals surface area contributed by atoms with E-state index in [2.05, 4.69) is 15.9 Å². The van der Waals surface area contributed by atoms with Crippen LogP contribution in [-0.2, 0) is 0 Å². The average Bonchev–Trinajstić information content (AvgIpc) is 2.41. The van der Waals surface area contributed by atoms with E-state index in [9.17, 15) is 4.39 Å². The third kappa shape index (κ3) is 3.33. The van der Waals surface area contributed by atoms with Gasteiger partial charge in [-0.3, -0.25) is 0 Å². The van der Waals surface area contributed by atoms with E-state index in [0.717, 1.165) is 12.0 Å². The van der Waals surface area contributed by atoms with E-state index < -0.39 is 5.82 Å². The van der Waals surface area contributed by atoms with Gasteiger partial charge in [-0.25, -0.2) is 4.39 Å². The first-order chi connectivity index (χ1) is 9.11. The van der Waals surface area contributed by atoms with Crippen LogP contribution >= 0.6 is 15.9 Å². The van der Waals surface area contributed by atoms with E-state index in [-0.39, 0.29) is 11.8 Å². The molecule has 1 atom stereocenters. The smallest absolute Gasteiger partial charge is 0.166 e. The van der Waals surface area contributed by atoms with Crippen molar-refractivity contribution in [3.05, 3.63) is 58.3 Å². The molecule has 19 heavy (non-hydrogen) atoms. The van der Waals surface area contributed by atoms with Gasteiger partial charge in [0.25, 0.3) is 0 Å². The Labute approximate surface area is 120 Å². The molecule has 2 rings (SSSR count). The fourth-order valence-electron chi connectivity index (χ4n) is 1.78. The monoisotopic (exact) mass is 323 g/mol. The SMILES string of the molecule is CC[C@@H](N)c1ccccc1Oc1ccc(Br)cc1F. The van der Waals surface area contributed by atoms with Crippen LogP contribution in [-0.4, -0.2) is 0 Å². The number of hydrogen-bond donors (Lipinski definition) is 1. The minimum Gasteiger partial charge on any atom is -0.454 e. The lowest BCUT2D eigenvalue weighted by molar-refractivity contribution is 0.433. The molecule has 0 amide bonds. The van der Waals surface area contributed by atoms with E-state index in [1.165, 1.54) is 6.07 Å². The summed E-state index contributed by atoms with van der Waals surface area (Å²) in [6.07, 6.45) is 0.795. The van der Waals surface area contributed by atoms with Gasteiger partial charge in [0.1, 0.15) is 5.75 Å². The zero-order chi connectivity index (χ0) is 13.8. The summed E-state index contributed by atoms with van der Waals surface area (Å²) >= 11 is 3.22. The van der Waals surface area contributed by atoms with Crippen LogP contribution in [0.1, 0.15) is 24.9 Å². The van der Waals surface area contributed by atoms with Crippen LogP contribution in [0.15, 0.2) is 46.9 Å². The Hall–Kier alpha value is -1.39. The van der Waals surface area contributed by atoms with Gasteiger partial charge in [0.15, 0.2) is 11.6 Å². The molecule has 2 aromatic rings. The molecule has 0 saturated carbocycles. The zero-order valence-corrected chi connectivity index (χ0v) is 12.2. The van der Waals surface area contributed by atoms with Crippen molar-refractivity contribution in [2.24, 2.45) is 5.73 Å². The van der Waals surface area contributed by atoms with E-state index in [4.69, 9.17) is 10.5 Å². The Morgan fingerprint density at radius 3 is 2.63 bits per heavy atom. The van der Waals surface area contributed by atoms with Crippen LogP contribution < -0.4 is 10.5 Å². The minimum atomic E-state index is -0.408. The van der Waals surface area contributed by atoms with Gasteiger partial charge in [-0.15, -0.1) is 0 Å². The Kier molecular flexibility index (Phi) is 4.56. The van der Waals surface area contributed by atoms with Crippen LogP contribution in [0.2, 0.25) is 0 Å². The van der Waals surface area contributed by atoms with Gasteiger partial charge in [0, 0.05) is 16.1 Å². The first-order valence-corrected chi connectivity index (χ1v) is 6.88. The largest absolute Gasteiger partial charge is 0.454 e. The number of para-hydroxylation sites is 1. The van der Waals surface area contributed by atoms with Crippen molar-refractivity contribution in [3.63, 3.8) is 0 Å². The molecule has 0 spiro atoms. The van der Waals surface area contributed by atoms with Gasteiger partial charge in [-0.2, -0.15) is 0 Å². The Morgan fingerprint density at radius 1 is 1.21 bits per heavy atom. The van der Waals surface area contributed by atoms with E-state index in [0.29, 0.717) is 10.2 Å². The van der Waals surface area contributed by atoms with Crippen molar-refractivity contribution in [1.29, 1.82) is 0 Å². The highest BCUT2D eigenvalue weighted by Gasteiger charge is 2.12. The van der Waals surface area contributed by atoms with Crippen molar-refractivity contribution in [2.75, 3.05) is 0 Å². The Morgan fingerprint density at radius 2 is 1.95 bits per heavy atom. The molecule has 0 heterocycles. The summed E-state index contributed by atoms with van der Waals surface area (Å²) in [4.78, 5) is 0. The van der Waals surface area contributed by atoms with Crippen molar-refractivity contribution < 1.29 is 9.13 Å². The predicted octanol–water partition coefficient (Wildman–Crippen LogP) is 4.79. The van der Waals surface area contributed by atoms with E-state index >= 15 is 0 Å². The molecule has 0 aliphatic carbocycles. The van der Waals surface area contributed by atoms with Crippen LogP contribution in [0.4, 0.5) is 4.39 Å². The van der Waals surface area contributed by atoms with Crippen LogP contribution in [0.3, 0.4) is 0 Å². The van der Waals surface area contributed by atoms with E-state index in [1.54, 1.807) is 18.2 Å². The number of halogens is 2. The molecule has 0 aliphatic heterocycles. The Bertz CT molecular complexity index is 574. The molecule has 0 radical (unpaired) electrons. The average molecular weight is 324 g/mol. The number of hydrogen-bond acceptors (Lipinski definition) is 2. The van der Waals surface area contributed by atoms with Crippen LogP contribution in [0, 0.1) is 5.82 Å². The highest BCUT2D eigenvalue weighted by molar-refractivity contribution is 9.10. The number of rotatable bonds is 4. The molecule has 2 N–H and O–H groups in total. The molecule has 0 saturated heterocycles. The Balaban J connectivity index is 2.33. The molecule has 0 bridgehead atoms. The summed E-state index contributed by atoms with van der Waals surface area (Å²) in [6.45, 7) is 2.00. The molecule has 2 nitrogen and oxygen atoms in total. The summed E-state index contributed by atoms with van der Waals surface area (Å²) in [6, 6.07) is 12.0. The molecule has 0 aromatic heterocycles. The number of benzene rings is 2. The molecular formula is C15H15BrFNO. The van der Waals surface area contributed by atoms with Gasteiger partial charge in [0.05, 0.1) is 0 Å². The van der Waals surface area contributed by atoms with Crippen molar-refractivity contribution in [2.45, 2.75) is 19.4 Å². The highest BCUT2D eigenvalue weighted by Crippen LogP contribution is 2.32. The molecule has 0 fully saturated rings. The molecule has 4 heteroatoms. The maximum Gasteiger partial charge on any atom is 0.166 e. The summed E-state index contributed by atoms with van der Waals surface area (Å²) in [5, 5.41) is 0. The third-order valence-electron chi connectivity index (χ3n) is 2.87. The molecular weight excluding hydrogens is 309 g/mol. The van der Waals surface area contributed by atoms with Gasteiger partial charge in [0.2, 0.25) is 0 Å². The van der Waals surface area contributed by atoms with E-state index in [1.807, 2.05) is 25.1 Å². The lowest BCUT2D eigenvalue weighted by atomic mass is 10.0. The topological polar surface area (TPSA) is 35.2 Å².